The van der Waals surface area contributed by atoms with Crippen LogP contribution in [0.2, 0.25) is 0 Å². The van der Waals surface area contributed by atoms with Crippen molar-refractivity contribution in [2.24, 2.45) is 0 Å². The molecule has 0 N–H and O–H groups in total. The van der Waals surface area contributed by atoms with Gasteiger partial charge in [0.2, 0.25) is 0 Å². The van der Waals surface area contributed by atoms with Gasteiger partial charge >= 0.3 is 0 Å². The summed E-state index contributed by atoms with van der Waals surface area (Å²) < 4.78 is 0. The van der Waals surface area contributed by atoms with Crippen LogP contribution in [0.4, 0.5) is 0 Å². The first-order valence-corrected chi connectivity index (χ1v) is 13.9. The molecule has 4 rings (SSSR count). The molecule has 1 heteroatoms. The minimum absolute atomic E-state index is 1.05. The third kappa shape index (κ3) is 4.17. The van der Waals surface area contributed by atoms with Gasteiger partial charge in [-0.25, -0.2) is 0 Å². The van der Waals surface area contributed by atoms with E-state index >= 15 is 0 Å². The highest BCUT2D eigenvalue weighted by Gasteiger charge is 2.48. The Kier molecular flexibility index (Phi) is 7.23. The van der Waals surface area contributed by atoms with E-state index in [0.29, 0.717) is 0 Å². The molecule has 0 bridgehead atoms. The van der Waals surface area contributed by atoms with E-state index < -0.39 is 7.26 Å². The highest BCUT2D eigenvalue weighted by Crippen LogP contribution is 2.60. The van der Waals surface area contributed by atoms with Gasteiger partial charge in [0.15, 0.2) is 0 Å². The summed E-state index contributed by atoms with van der Waals surface area (Å²) in [6, 6.07) is 38.8. The number of hydrogen-bond acceptors (Lipinski definition) is 0. The fraction of sp³-hybridized carbons (Fsp3) is 0.226. The number of rotatable bonds is 8. The number of hydrogen-bond donors (Lipinski definition) is 0. The molecule has 0 radical (unpaired) electrons. The van der Waals surface area contributed by atoms with Crippen LogP contribution < -0.4 is 15.9 Å². The summed E-state index contributed by atoms with van der Waals surface area (Å²) in [6.45, 7) is 6.90. The van der Waals surface area contributed by atoms with E-state index in [-0.39, 0.29) is 0 Å². The van der Waals surface area contributed by atoms with E-state index in [4.69, 9.17) is 0 Å². The number of benzene rings is 4. The Bertz CT molecular complexity index is 1040. The van der Waals surface area contributed by atoms with E-state index in [1.807, 2.05) is 0 Å². The van der Waals surface area contributed by atoms with E-state index in [1.54, 1.807) is 15.9 Å². The van der Waals surface area contributed by atoms with Crippen molar-refractivity contribution in [1.29, 1.82) is 0 Å². The van der Waals surface area contributed by atoms with Gasteiger partial charge in [0.05, 0.1) is 6.16 Å². The molecular formula is C31H34P+. The average molecular weight is 438 g/mol. The zero-order chi connectivity index (χ0) is 22.4. The fourth-order valence-corrected chi connectivity index (χ4v) is 10.3. The smallest absolute Gasteiger partial charge is 0.0622 e. The second-order valence-electron chi connectivity index (χ2n) is 8.40. The lowest BCUT2D eigenvalue weighted by Crippen LogP contribution is -2.37. The molecule has 0 aliphatic carbocycles. The summed E-state index contributed by atoms with van der Waals surface area (Å²) in [7, 11) is -1.94. The lowest BCUT2D eigenvalue weighted by molar-refractivity contribution is 1.14. The molecule has 0 atom stereocenters. The average Bonchev–Trinajstić information content (AvgIpc) is 2.88. The molecule has 0 saturated carbocycles. The molecule has 4 aromatic carbocycles. The molecule has 0 spiro atoms. The summed E-state index contributed by atoms with van der Waals surface area (Å²) in [5.74, 6) is 0. The third-order valence-electron chi connectivity index (χ3n) is 6.61. The van der Waals surface area contributed by atoms with Crippen LogP contribution in [0.3, 0.4) is 0 Å². The molecule has 0 aromatic heterocycles. The zero-order valence-electron chi connectivity index (χ0n) is 19.6. The first kappa shape index (κ1) is 22.5. The molecule has 0 amide bonds. The van der Waals surface area contributed by atoms with Crippen LogP contribution in [-0.4, -0.2) is 0 Å². The second kappa shape index (κ2) is 10.3. The Balaban J connectivity index is 2.16. The summed E-state index contributed by atoms with van der Waals surface area (Å²) in [5.41, 5.74) is 5.86. The van der Waals surface area contributed by atoms with Crippen molar-refractivity contribution in [3.63, 3.8) is 0 Å². The van der Waals surface area contributed by atoms with E-state index in [1.165, 1.54) is 22.3 Å². The lowest BCUT2D eigenvalue weighted by atomic mass is 10.1. The third-order valence-corrected chi connectivity index (χ3v) is 11.2. The van der Waals surface area contributed by atoms with Crippen molar-refractivity contribution < 1.29 is 0 Å². The minimum Gasteiger partial charge on any atom is -0.0622 e. The molecule has 0 fully saturated rings. The largest absolute Gasteiger partial charge is 0.117 e. The van der Waals surface area contributed by atoms with Crippen LogP contribution in [0.15, 0.2) is 103 Å². The van der Waals surface area contributed by atoms with Gasteiger partial charge in [0, 0.05) is 0 Å². The van der Waals surface area contributed by atoms with Crippen LogP contribution in [0, 0.1) is 0 Å². The molecule has 162 valence electrons. The molecule has 0 heterocycles. The Morgan fingerprint density at radius 2 is 0.781 bits per heavy atom. The highest BCUT2D eigenvalue weighted by atomic mass is 31.2. The molecule has 0 aliphatic rings. The lowest BCUT2D eigenvalue weighted by Gasteiger charge is -2.32. The van der Waals surface area contributed by atoms with Gasteiger partial charge < -0.3 is 0 Å². The van der Waals surface area contributed by atoms with Gasteiger partial charge in [-0.2, -0.15) is 0 Å². The monoisotopic (exact) mass is 437 g/mol. The summed E-state index contributed by atoms with van der Waals surface area (Å²) >= 11 is 0. The van der Waals surface area contributed by atoms with Gasteiger partial charge in [0.1, 0.15) is 23.2 Å². The summed E-state index contributed by atoms with van der Waals surface area (Å²) in [4.78, 5) is 0. The molecular weight excluding hydrogens is 403 g/mol. The van der Waals surface area contributed by atoms with Crippen molar-refractivity contribution >= 4 is 23.2 Å². The maximum absolute atomic E-state index is 2.43. The van der Waals surface area contributed by atoms with Gasteiger partial charge in [-0.15, -0.1) is 0 Å². The highest BCUT2D eigenvalue weighted by molar-refractivity contribution is 7.95. The Morgan fingerprint density at radius 3 is 1.16 bits per heavy atom. The normalized spacial score (nSPS) is 11.5. The predicted molar refractivity (Wildman–Crippen MR) is 143 cm³/mol. The molecule has 4 aromatic rings. The Hall–Kier alpha value is -2.69. The Labute approximate surface area is 194 Å². The topological polar surface area (TPSA) is 0 Å². The van der Waals surface area contributed by atoms with Crippen molar-refractivity contribution in [2.75, 3.05) is 0 Å². The molecule has 0 saturated heterocycles. The molecule has 32 heavy (non-hydrogen) atoms. The van der Waals surface area contributed by atoms with E-state index in [0.717, 1.165) is 25.4 Å². The molecule has 0 aliphatic heterocycles. The maximum atomic E-state index is 2.43. The van der Waals surface area contributed by atoms with Crippen LogP contribution >= 0.6 is 7.26 Å². The van der Waals surface area contributed by atoms with Crippen LogP contribution in [0.25, 0.3) is 0 Å². The summed E-state index contributed by atoms with van der Waals surface area (Å²) in [6.07, 6.45) is 4.21. The Morgan fingerprint density at radius 1 is 0.438 bits per heavy atom. The van der Waals surface area contributed by atoms with E-state index in [9.17, 15) is 0 Å². The van der Waals surface area contributed by atoms with Crippen molar-refractivity contribution in [1.82, 2.24) is 0 Å². The number of aryl methyl sites for hydroxylation is 3. The van der Waals surface area contributed by atoms with Crippen LogP contribution in [0.1, 0.15) is 43.0 Å². The van der Waals surface area contributed by atoms with Crippen molar-refractivity contribution in [3.05, 3.63) is 125 Å². The first-order chi connectivity index (χ1) is 15.7. The van der Waals surface area contributed by atoms with Gasteiger partial charge in [-0.05, 0) is 59.7 Å². The van der Waals surface area contributed by atoms with Crippen molar-refractivity contribution in [3.8, 4) is 0 Å². The van der Waals surface area contributed by atoms with Gasteiger partial charge in [-0.3, -0.25) is 0 Å². The van der Waals surface area contributed by atoms with Gasteiger partial charge in [0.25, 0.3) is 0 Å². The quantitative estimate of drug-likeness (QED) is 0.264. The second-order valence-corrected chi connectivity index (χ2v) is 11.8. The molecule has 0 unspecified atom stereocenters. The van der Waals surface area contributed by atoms with Crippen LogP contribution in [-0.2, 0) is 25.4 Å². The zero-order valence-corrected chi connectivity index (χ0v) is 20.5. The van der Waals surface area contributed by atoms with Crippen LogP contribution in [0.5, 0.6) is 0 Å². The molecule has 0 nitrogen and oxygen atoms in total. The SMILES string of the molecule is CCc1ccccc1[P+](Cc1ccccc1)(c1ccccc1CC)c1ccccc1CC. The van der Waals surface area contributed by atoms with E-state index in [2.05, 4.69) is 124 Å². The van der Waals surface area contributed by atoms with Gasteiger partial charge in [-0.1, -0.05) is 106 Å². The first-order valence-electron chi connectivity index (χ1n) is 11.9. The standard InChI is InChI=1S/C31H34P/c1-4-26-18-10-13-21-29(26)32(24-25-16-8-7-9-17-25,30-22-14-11-19-27(30)5-2)31-23-15-12-20-28(31)6-3/h7-23H,4-6,24H2,1-3H3/q+1. The van der Waals surface area contributed by atoms with Crippen molar-refractivity contribution in [2.45, 2.75) is 46.2 Å². The fourth-order valence-electron chi connectivity index (χ4n) is 5.05. The minimum atomic E-state index is -1.94. The predicted octanol–water partition coefficient (Wildman–Crippen LogP) is 6.87. The maximum Gasteiger partial charge on any atom is 0.117 e. The summed E-state index contributed by atoms with van der Waals surface area (Å²) in [5, 5.41) is 4.65.